The van der Waals surface area contributed by atoms with Gasteiger partial charge in [0, 0.05) is 17.5 Å². The zero-order chi connectivity index (χ0) is 20.8. The Morgan fingerprint density at radius 3 is 2.52 bits per heavy atom. The molecule has 0 saturated carbocycles. The number of hydrogen-bond donors (Lipinski definition) is 0. The normalized spacial score (nSPS) is 10.3. The summed E-state index contributed by atoms with van der Waals surface area (Å²) in [7, 11) is 0. The molecule has 5 nitrogen and oxygen atoms in total. The average molecular weight is 387 g/mol. The van der Waals surface area contributed by atoms with Gasteiger partial charge in [0.1, 0.15) is 5.56 Å². The third-order valence-electron chi connectivity index (χ3n) is 4.42. The minimum atomic E-state index is -0.363. The van der Waals surface area contributed by atoms with E-state index in [0.29, 0.717) is 12.2 Å². The lowest BCUT2D eigenvalue weighted by Gasteiger charge is -2.10. The Balaban J connectivity index is 0.00000117. The highest BCUT2D eigenvalue weighted by Gasteiger charge is 2.15. The highest BCUT2D eigenvalue weighted by molar-refractivity contribution is 5.98. The van der Waals surface area contributed by atoms with Gasteiger partial charge in [-0.15, -0.1) is 0 Å². The molecule has 4 aromatic rings. The lowest BCUT2D eigenvalue weighted by Crippen LogP contribution is -2.04. The number of fused-ring (bicyclic) bond motifs is 1. The zero-order valence-electron chi connectivity index (χ0n) is 17.2. The molecule has 3 aromatic heterocycles. The third kappa shape index (κ3) is 4.19. The summed E-state index contributed by atoms with van der Waals surface area (Å²) in [6.45, 7) is 8.11. The van der Waals surface area contributed by atoms with Crippen molar-refractivity contribution in [2.45, 2.75) is 27.7 Å². The summed E-state index contributed by atoms with van der Waals surface area (Å²) in [5.41, 5.74) is 6.16. The predicted molar refractivity (Wildman–Crippen MR) is 116 cm³/mol. The van der Waals surface area contributed by atoms with Crippen molar-refractivity contribution in [2.75, 3.05) is 6.61 Å². The second-order valence-electron chi connectivity index (χ2n) is 6.23. The number of nitrogens with zero attached hydrogens (tertiary/aromatic N) is 3. The van der Waals surface area contributed by atoms with Gasteiger partial charge in [0.2, 0.25) is 0 Å². The standard InChI is InChI=1S/C22H19N3O2.C2H6/c1-3-27-22(26)19-14-23-25-12-11-16(13-21(19)25)17-8-4-5-9-18(17)20-10-6-7-15(2)24-20;1-2/h4-14H,3H2,1-2H3;1-2H3. The van der Waals surface area contributed by atoms with Crippen LogP contribution in [0.25, 0.3) is 27.9 Å². The number of aryl methyl sites for hydroxylation is 1. The summed E-state index contributed by atoms with van der Waals surface area (Å²) >= 11 is 0. The molecule has 0 radical (unpaired) electrons. The van der Waals surface area contributed by atoms with E-state index in [-0.39, 0.29) is 5.97 Å². The number of esters is 1. The zero-order valence-corrected chi connectivity index (χ0v) is 17.2. The number of carbonyl (C=O) groups excluding carboxylic acids is 1. The van der Waals surface area contributed by atoms with Crippen LogP contribution < -0.4 is 0 Å². The van der Waals surface area contributed by atoms with Crippen molar-refractivity contribution in [2.24, 2.45) is 0 Å². The Bertz CT molecular complexity index is 1130. The molecule has 0 unspecified atom stereocenters. The number of carbonyl (C=O) groups is 1. The third-order valence-corrected chi connectivity index (χ3v) is 4.42. The van der Waals surface area contributed by atoms with Gasteiger partial charge in [-0.2, -0.15) is 5.10 Å². The van der Waals surface area contributed by atoms with E-state index in [1.54, 1.807) is 17.6 Å². The summed E-state index contributed by atoms with van der Waals surface area (Å²) in [6, 6.07) is 18.1. The molecule has 0 N–H and O–H groups in total. The summed E-state index contributed by atoms with van der Waals surface area (Å²) in [5.74, 6) is -0.363. The maximum atomic E-state index is 12.2. The van der Waals surface area contributed by atoms with Gasteiger partial charge in [-0.05, 0) is 49.2 Å². The van der Waals surface area contributed by atoms with E-state index in [9.17, 15) is 4.79 Å². The van der Waals surface area contributed by atoms with Crippen molar-refractivity contribution in [1.82, 2.24) is 14.6 Å². The van der Waals surface area contributed by atoms with Crippen LogP contribution >= 0.6 is 0 Å². The molecule has 0 bridgehead atoms. The molecule has 0 spiro atoms. The lowest BCUT2D eigenvalue weighted by atomic mass is 9.97. The van der Waals surface area contributed by atoms with Gasteiger partial charge in [-0.1, -0.05) is 44.2 Å². The first-order valence-corrected chi connectivity index (χ1v) is 9.85. The van der Waals surface area contributed by atoms with Gasteiger partial charge in [-0.25, -0.2) is 9.31 Å². The minimum Gasteiger partial charge on any atom is -0.462 e. The molecule has 0 amide bonds. The summed E-state index contributed by atoms with van der Waals surface area (Å²) in [6.07, 6.45) is 3.40. The SMILES string of the molecule is CC.CCOC(=O)c1cnn2ccc(-c3ccccc3-c3cccc(C)n3)cc12. The monoisotopic (exact) mass is 387 g/mol. The van der Waals surface area contributed by atoms with Crippen LogP contribution in [0.3, 0.4) is 0 Å². The van der Waals surface area contributed by atoms with Crippen LogP contribution in [0, 0.1) is 6.92 Å². The summed E-state index contributed by atoms with van der Waals surface area (Å²) in [5, 5.41) is 4.25. The van der Waals surface area contributed by atoms with Crippen molar-refractivity contribution in [1.29, 1.82) is 0 Å². The second-order valence-corrected chi connectivity index (χ2v) is 6.23. The number of benzene rings is 1. The van der Waals surface area contributed by atoms with Crippen molar-refractivity contribution >= 4 is 11.5 Å². The molecule has 0 aliphatic carbocycles. The number of hydrogen-bond acceptors (Lipinski definition) is 4. The van der Waals surface area contributed by atoms with Gasteiger partial charge in [0.25, 0.3) is 0 Å². The molecule has 3 heterocycles. The largest absolute Gasteiger partial charge is 0.462 e. The first-order chi connectivity index (χ1) is 14.2. The molecule has 0 fully saturated rings. The molecule has 1 aromatic carbocycles. The predicted octanol–water partition coefficient (Wildman–Crippen LogP) is 5.57. The topological polar surface area (TPSA) is 56.5 Å². The van der Waals surface area contributed by atoms with Crippen molar-refractivity contribution in [3.63, 3.8) is 0 Å². The van der Waals surface area contributed by atoms with Crippen LogP contribution in [-0.4, -0.2) is 27.2 Å². The van der Waals surface area contributed by atoms with Crippen LogP contribution in [0.1, 0.15) is 36.8 Å². The molecule has 0 aliphatic heterocycles. The van der Waals surface area contributed by atoms with Crippen LogP contribution in [-0.2, 0) is 4.74 Å². The van der Waals surface area contributed by atoms with Gasteiger partial charge < -0.3 is 4.74 Å². The Hall–Kier alpha value is -3.47. The lowest BCUT2D eigenvalue weighted by molar-refractivity contribution is 0.0528. The van der Waals surface area contributed by atoms with E-state index >= 15 is 0 Å². The molecule has 0 atom stereocenters. The maximum Gasteiger partial charge on any atom is 0.341 e. The molecule has 4 rings (SSSR count). The van der Waals surface area contributed by atoms with E-state index < -0.39 is 0 Å². The average Bonchev–Trinajstić information content (AvgIpc) is 3.19. The van der Waals surface area contributed by atoms with Crippen molar-refractivity contribution in [3.05, 3.63) is 78.2 Å². The number of aromatic nitrogens is 3. The molecule has 0 saturated heterocycles. The fourth-order valence-electron chi connectivity index (χ4n) is 3.17. The second kappa shape index (κ2) is 9.15. The number of ether oxygens (including phenoxy) is 1. The first-order valence-electron chi connectivity index (χ1n) is 9.85. The molecule has 148 valence electrons. The van der Waals surface area contributed by atoms with Gasteiger partial charge in [-0.3, -0.25) is 4.98 Å². The molecule has 29 heavy (non-hydrogen) atoms. The molecular formula is C24H25N3O2. The fourth-order valence-corrected chi connectivity index (χ4v) is 3.17. The van der Waals surface area contributed by atoms with Gasteiger partial charge in [0.15, 0.2) is 0 Å². The first kappa shape index (κ1) is 20.3. The molecule has 5 heteroatoms. The van der Waals surface area contributed by atoms with E-state index in [2.05, 4.69) is 22.2 Å². The van der Waals surface area contributed by atoms with E-state index in [1.165, 1.54) is 0 Å². The van der Waals surface area contributed by atoms with Gasteiger partial charge in [0.05, 0.1) is 24.0 Å². The Morgan fingerprint density at radius 1 is 1.03 bits per heavy atom. The highest BCUT2D eigenvalue weighted by atomic mass is 16.5. The van der Waals surface area contributed by atoms with E-state index in [0.717, 1.165) is 33.6 Å². The van der Waals surface area contributed by atoms with Crippen molar-refractivity contribution in [3.8, 4) is 22.4 Å². The van der Waals surface area contributed by atoms with Crippen molar-refractivity contribution < 1.29 is 9.53 Å². The highest BCUT2D eigenvalue weighted by Crippen LogP contribution is 2.32. The Morgan fingerprint density at radius 2 is 1.79 bits per heavy atom. The van der Waals surface area contributed by atoms with E-state index in [1.807, 2.05) is 69.4 Å². The summed E-state index contributed by atoms with van der Waals surface area (Å²) < 4.78 is 6.83. The number of rotatable bonds is 4. The smallest absolute Gasteiger partial charge is 0.341 e. The fraction of sp³-hybridized carbons (Fsp3) is 0.208. The molecular weight excluding hydrogens is 362 g/mol. The quantitative estimate of drug-likeness (QED) is 0.429. The summed E-state index contributed by atoms with van der Waals surface area (Å²) in [4.78, 5) is 16.9. The van der Waals surface area contributed by atoms with Crippen LogP contribution in [0.2, 0.25) is 0 Å². The van der Waals surface area contributed by atoms with Crippen LogP contribution in [0.4, 0.5) is 0 Å². The maximum absolute atomic E-state index is 12.2. The van der Waals surface area contributed by atoms with E-state index in [4.69, 9.17) is 4.74 Å². The minimum absolute atomic E-state index is 0.331. The van der Waals surface area contributed by atoms with Crippen LogP contribution in [0.15, 0.2) is 67.0 Å². The van der Waals surface area contributed by atoms with Crippen LogP contribution in [0.5, 0.6) is 0 Å². The molecule has 0 aliphatic rings. The Labute approximate surface area is 171 Å². The Kier molecular flexibility index (Phi) is 6.39. The van der Waals surface area contributed by atoms with Gasteiger partial charge >= 0.3 is 5.97 Å². The number of pyridine rings is 2.